The molecule has 7 nitrogen and oxygen atoms in total. The van der Waals surface area contributed by atoms with Crippen molar-refractivity contribution in [3.63, 3.8) is 0 Å². The molecule has 1 aromatic carbocycles. The molecule has 0 spiro atoms. The third kappa shape index (κ3) is 4.82. The summed E-state index contributed by atoms with van der Waals surface area (Å²) in [6.07, 6.45) is 4.20. The molecule has 0 aliphatic carbocycles. The van der Waals surface area contributed by atoms with Crippen molar-refractivity contribution in [2.24, 2.45) is 0 Å². The number of benzene rings is 1. The molecule has 2 aromatic rings. The van der Waals surface area contributed by atoms with Crippen molar-refractivity contribution < 1.29 is 18.0 Å². The van der Waals surface area contributed by atoms with E-state index in [-0.39, 0.29) is 34.9 Å². The Kier molecular flexibility index (Phi) is 6.32. The molecule has 0 radical (unpaired) electrons. The molecule has 1 atom stereocenters. The van der Waals surface area contributed by atoms with Crippen LogP contribution in [-0.4, -0.2) is 37.0 Å². The second kappa shape index (κ2) is 8.73. The van der Waals surface area contributed by atoms with Crippen molar-refractivity contribution >= 4 is 27.3 Å². The van der Waals surface area contributed by atoms with Gasteiger partial charge in [-0.15, -0.1) is 0 Å². The maximum atomic E-state index is 12.7. The number of aromatic nitrogens is 1. The largest absolute Gasteiger partial charge is 0.352 e. The van der Waals surface area contributed by atoms with Gasteiger partial charge in [0.05, 0.1) is 10.6 Å². The molecule has 3 rings (SSSR count). The van der Waals surface area contributed by atoms with Crippen LogP contribution in [-0.2, 0) is 32.4 Å². The summed E-state index contributed by atoms with van der Waals surface area (Å²) in [4.78, 5) is 30.1. The van der Waals surface area contributed by atoms with Gasteiger partial charge in [-0.25, -0.2) is 8.42 Å². The van der Waals surface area contributed by atoms with E-state index in [1.807, 2.05) is 19.9 Å². The Balaban J connectivity index is 1.64. The van der Waals surface area contributed by atoms with E-state index in [1.165, 1.54) is 6.07 Å². The summed E-state index contributed by atoms with van der Waals surface area (Å²) in [5.41, 5.74) is 2.47. The van der Waals surface area contributed by atoms with Crippen molar-refractivity contribution in [2.45, 2.75) is 50.6 Å². The van der Waals surface area contributed by atoms with Gasteiger partial charge in [-0.1, -0.05) is 13.0 Å². The molecule has 8 heteroatoms. The number of rotatable bonds is 7. The summed E-state index contributed by atoms with van der Waals surface area (Å²) >= 11 is 0. The highest BCUT2D eigenvalue weighted by Gasteiger charge is 2.31. The summed E-state index contributed by atoms with van der Waals surface area (Å²) in [6, 6.07) is 8.47. The Morgan fingerprint density at radius 2 is 2.07 bits per heavy atom. The van der Waals surface area contributed by atoms with E-state index in [2.05, 4.69) is 10.3 Å². The van der Waals surface area contributed by atoms with Crippen molar-refractivity contribution in [1.82, 2.24) is 10.3 Å². The van der Waals surface area contributed by atoms with Gasteiger partial charge in [0.15, 0.2) is 9.84 Å². The van der Waals surface area contributed by atoms with Gasteiger partial charge in [-0.05, 0) is 48.7 Å². The first kappa shape index (κ1) is 21.0. The third-order valence-electron chi connectivity index (χ3n) is 5.01. The molecular weight excluding hydrogens is 390 g/mol. The number of fused-ring (bicyclic) bond motifs is 1. The van der Waals surface area contributed by atoms with E-state index in [1.54, 1.807) is 35.5 Å². The van der Waals surface area contributed by atoms with Crippen LogP contribution in [0.3, 0.4) is 0 Å². The zero-order chi connectivity index (χ0) is 21.0. The van der Waals surface area contributed by atoms with Crippen molar-refractivity contribution in [2.75, 3.05) is 10.7 Å². The maximum absolute atomic E-state index is 12.7. The lowest BCUT2D eigenvalue weighted by atomic mass is 10.1. The number of carbonyl (C=O) groups excluding carboxylic acids is 2. The first-order valence-electron chi connectivity index (χ1n) is 9.65. The Labute approximate surface area is 171 Å². The van der Waals surface area contributed by atoms with Gasteiger partial charge in [0.25, 0.3) is 0 Å². The topological polar surface area (TPSA) is 96.4 Å². The molecule has 1 aliphatic heterocycles. The number of anilines is 1. The number of carbonyl (C=O) groups is 2. The van der Waals surface area contributed by atoms with Crippen LogP contribution in [0, 0.1) is 0 Å². The second-order valence-corrected chi connectivity index (χ2v) is 9.28. The predicted octanol–water partition coefficient (Wildman–Crippen LogP) is 2.25. The lowest BCUT2D eigenvalue weighted by Gasteiger charge is -2.22. The van der Waals surface area contributed by atoms with E-state index in [9.17, 15) is 18.0 Å². The van der Waals surface area contributed by atoms with Crippen LogP contribution in [0.1, 0.15) is 37.8 Å². The minimum absolute atomic E-state index is 0.00802. The summed E-state index contributed by atoms with van der Waals surface area (Å²) < 4.78 is 25.4. The van der Waals surface area contributed by atoms with Gasteiger partial charge in [-0.3, -0.25) is 14.6 Å². The monoisotopic (exact) mass is 415 g/mol. The zero-order valence-corrected chi connectivity index (χ0v) is 17.4. The number of sulfone groups is 1. The number of nitrogens with one attached hydrogen (secondary N) is 1. The fraction of sp³-hybridized carbons (Fsp3) is 0.381. The van der Waals surface area contributed by atoms with Crippen LogP contribution in [0.2, 0.25) is 0 Å². The van der Waals surface area contributed by atoms with Gasteiger partial charge in [-0.2, -0.15) is 0 Å². The van der Waals surface area contributed by atoms with Gasteiger partial charge in [0.1, 0.15) is 0 Å². The first-order chi connectivity index (χ1) is 13.8. The SMILES string of the molecule is CCC(=O)N1c2ccc(S(=O)(=O)CCC(=O)NCc3cccnc3)cc2CC1C. The van der Waals surface area contributed by atoms with Gasteiger partial charge in [0.2, 0.25) is 11.8 Å². The van der Waals surface area contributed by atoms with Gasteiger partial charge in [0, 0.05) is 43.5 Å². The lowest BCUT2D eigenvalue weighted by Crippen LogP contribution is -2.35. The van der Waals surface area contributed by atoms with E-state index >= 15 is 0 Å². The molecule has 0 saturated carbocycles. The number of amides is 2. The fourth-order valence-corrected chi connectivity index (χ4v) is 4.77. The molecular formula is C21H25N3O4S. The van der Waals surface area contributed by atoms with Crippen LogP contribution < -0.4 is 10.2 Å². The molecule has 1 aliphatic rings. The van der Waals surface area contributed by atoms with Crippen molar-refractivity contribution in [1.29, 1.82) is 0 Å². The standard InChI is InChI=1S/C21H25N3O4S/c1-3-21(26)24-15(2)11-17-12-18(6-7-19(17)24)29(27,28)10-8-20(25)23-14-16-5-4-9-22-13-16/h4-7,9,12-13,15H,3,8,10-11,14H2,1-2H3,(H,23,25). The fourth-order valence-electron chi connectivity index (χ4n) is 3.49. The Morgan fingerprint density at radius 1 is 1.28 bits per heavy atom. The van der Waals surface area contributed by atoms with Gasteiger partial charge < -0.3 is 10.2 Å². The minimum Gasteiger partial charge on any atom is -0.352 e. The Hall–Kier alpha value is -2.74. The number of pyridine rings is 1. The smallest absolute Gasteiger partial charge is 0.226 e. The first-order valence-corrected chi connectivity index (χ1v) is 11.3. The normalized spacial score (nSPS) is 15.8. The van der Waals surface area contributed by atoms with E-state index in [0.29, 0.717) is 19.4 Å². The maximum Gasteiger partial charge on any atom is 0.226 e. The van der Waals surface area contributed by atoms with Crippen LogP contribution >= 0.6 is 0 Å². The number of nitrogens with zero attached hydrogens (tertiary/aromatic N) is 2. The van der Waals surface area contributed by atoms with Crippen LogP contribution in [0.15, 0.2) is 47.6 Å². The van der Waals surface area contributed by atoms with Gasteiger partial charge >= 0.3 is 0 Å². The molecule has 0 saturated heterocycles. The predicted molar refractivity (Wildman–Crippen MR) is 110 cm³/mol. The Bertz CT molecular complexity index is 1010. The molecule has 154 valence electrons. The summed E-state index contributed by atoms with van der Waals surface area (Å²) in [5, 5.41) is 2.71. The summed E-state index contributed by atoms with van der Waals surface area (Å²) in [7, 11) is -3.60. The number of hydrogen-bond donors (Lipinski definition) is 1. The van der Waals surface area contributed by atoms with E-state index in [0.717, 1.165) is 16.8 Å². The molecule has 0 fully saturated rings. The molecule has 1 N–H and O–H groups in total. The van der Waals surface area contributed by atoms with Crippen LogP contribution in [0.25, 0.3) is 0 Å². The lowest BCUT2D eigenvalue weighted by molar-refractivity contribution is -0.121. The average molecular weight is 416 g/mol. The van der Waals surface area contributed by atoms with Crippen molar-refractivity contribution in [3.05, 3.63) is 53.9 Å². The second-order valence-electron chi connectivity index (χ2n) is 7.17. The minimum atomic E-state index is -3.60. The Morgan fingerprint density at radius 3 is 2.76 bits per heavy atom. The molecule has 1 unspecified atom stereocenters. The van der Waals surface area contributed by atoms with Crippen LogP contribution in [0.5, 0.6) is 0 Å². The van der Waals surface area contributed by atoms with Crippen molar-refractivity contribution in [3.8, 4) is 0 Å². The molecule has 2 heterocycles. The molecule has 0 bridgehead atoms. The van der Waals surface area contributed by atoms with E-state index < -0.39 is 9.84 Å². The van der Waals surface area contributed by atoms with E-state index in [4.69, 9.17) is 0 Å². The quantitative estimate of drug-likeness (QED) is 0.748. The molecule has 1 aromatic heterocycles. The summed E-state index contributed by atoms with van der Waals surface area (Å²) in [6.45, 7) is 4.07. The molecule has 29 heavy (non-hydrogen) atoms. The zero-order valence-electron chi connectivity index (χ0n) is 16.6. The highest BCUT2D eigenvalue weighted by molar-refractivity contribution is 7.91. The van der Waals surface area contributed by atoms with Crippen LogP contribution in [0.4, 0.5) is 5.69 Å². The highest BCUT2D eigenvalue weighted by Crippen LogP contribution is 2.34. The summed E-state index contributed by atoms with van der Waals surface area (Å²) in [5.74, 6) is -0.568. The number of hydrogen-bond acceptors (Lipinski definition) is 5. The molecule has 2 amide bonds. The third-order valence-corrected chi connectivity index (χ3v) is 6.72. The highest BCUT2D eigenvalue weighted by atomic mass is 32.2. The average Bonchev–Trinajstić information content (AvgIpc) is 3.06.